The molecule has 0 saturated heterocycles. The molecule has 0 fully saturated rings. The van der Waals surface area contributed by atoms with Gasteiger partial charge in [-0.2, -0.15) is 5.10 Å². The molecule has 0 spiro atoms. The Kier molecular flexibility index (Phi) is 5.58. The molecule has 2 aromatic carbocycles. The molecule has 26 heavy (non-hydrogen) atoms. The van der Waals surface area contributed by atoms with Crippen molar-refractivity contribution in [1.82, 2.24) is 15.1 Å². The minimum atomic E-state index is -0.00917. The zero-order valence-corrected chi connectivity index (χ0v) is 15.6. The predicted octanol–water partition coefficient (Wildman–Crippen LogP) is 3.88. The molecule has 0 radical (unpaired) electrons. The van der Waals surface area contributed by atoms with Crippen LogP contribution in [0.25, 0.3) is 0 Å². The summed E-state index contributed by atoms with van der Waals surface area (Å²) in [5, 5.41) is 8.01. The number of nitrogens with one attached hydrogen (secondary N) is 1. The first-order valence-electron chi connectivity index (χ1n) is 8.64. The number of hydrogen-bond donors (Lipinski definition) is 1. The zero-order chi connectivity index (χ0) is 18.5. The van der Waals surface area contributed by atoms with Crippen molar-refractivity contribution < 1.29 is 9.47 Å². The van der Waals surface area contributed by atoms with Gasteiger partial charge in [-0.1, -0.05) is 24.3 Å². The van der Waals surface area contributed by atoms with E-state index in [4.69, 9.17) is 9.47 Å². The molecule has 0 aliphatic carbocycles. The van der Waals surface area contributed by atoms with Gasteiger partial charge in [-0.25, -0.2) is 0 Å². The summed E-state index contributed by atoms with van der Waals surface area (Å²) in [5.41, 5.74) is 3.39. The van der Waals surface area contributed by atoms with Crippen LogP contribution in [-0.4, -0.2) is 24.0 Å². The quantitative estimate of drug-likeness (QED) is 0.702. The lowest BCUT2D eigenvalue weighted by molar-refractivity contribution is 0.410. The molecular weight excluding hydrogens is 326 g/mol. The Morgan fingerprint density at radius 2 is 1.50 bits per heavy atom. The third kappa shape index (κ3) is 3.89. The lowest BCUT2D eigenvalue weighted by atomic mass is 9.97. The van der Waals surface area contributed by atoms with E-state index in [1.165, 1.54) is 0 Å². The van der Waals surface area contributed by atoms with Crippen molar-refractivity contribution in [1.29, 1.82) is 0 Å². The number of aromatic nitrogens is 2. The third-order valence-corrected chi connectivity index (χ3v) is 4.57. The van der Waals surface area contributed by atoms with E-state index in [-0.39, 0.29) is 12.1 Å². The van der Waals surface area contributed by atoms with E-state index in [0.29, 0.717) is 0 Å². The zero-order valence-electron chi connectivity index (χ0n) is 15.6. The highest BCUT2D eigenvalue weighted by Crippen LogP contribution is 2.30. The summed E-state index contributed by atoms with van der Waals surface area (Å²) in [6, 6.07) is 18.4. The van der Waals surface area contributed by atoms with E-state index in [2.05, 4.69) is 41.6 Å². The molecule has 0 aliphatic heterocycles. The molecular formula is C21H25N3O2. The molecule has 5 nitrogen and oxygen atoms in total. The monoisotopic (exact) mass is 351 g/mol. The normalized spacial score (nSPS) is 12.2. The number of nitrogens with zero attached hydrogens (tertiary/aromatic N) is 2. The van der Waals surface area contributed by atoms with Crippen molar-refractivity contribution in [2.24, 2.45) is 7.05 Å². The van der Waals surface area contributed by atoms with Crippen LogP contribution in [0.1, 0.15) is 35.8 Å². The van der Waals surface area contributed by atoms with E-state index < -0.39 is 0 Å². The van der Waals surface area contributed by atoms with Gasteiger partial charge in [-0.05, 0) is 48.4 Å². The van der Waals surface area contributed by atoms with E-state index in [9.17, 15) is 0 Å². The van der Waals surface area contributed by atoms with Crippen LogP contribution in [0.3, 0.4) is 0 Å². The van der Waals surface area contributed by atoms with Gasteiger partial charge >= 0.3 is 0 Å². The van der Waals surface area contributed by atoms with Crippen LogP contribution >= 0.6 is 0 Å². The van der Waals surface area contributed by atoms with Crippen molar-refractivity contribution in [3.63, 3.8) is 0 Å². The molecule has 0 amide bonds. The number of benzene rings is 2. The molecule has 1 N–H and O–H groups in total. The molecule has 3 aromatic rings. The maximum absolute atomic E-state index is 5.42. The van der Waals surface area contributed by atoms with Crippen LogP contribution < -0.4 is 14.8 Å². The van der Waals surface area contributed by atoms with Gasteiger partial charge in [0.25, 0.3) is 0 Å². The highest BCUT2D eigenvalue weighted by Gasteiger charge is 2.20. The predicted molar refractivity (Wildman–Crippen MR) is 103 cm³/mol. The van der Waals surface area contributed by atoms with Gasteiger partial charge in [0.05, 0.1) is 26.0 Å². The average molecular weight is 351 g/mol. The fraction of sp³-hybridized carbons (Fsp3) is 0.286. The maximum Gasteiger partial charge on any atom is 0.119 e. The van der Waals surface area contributed by atoms with E-state index in [1.807, 2.05) is 48.3 Å². The number of ether oxygens (including phenoxy) is 2. The van der Waals surface area contributed by atoms with E-state index in [0.717, 1.165) is 28.3 Å². The minimum absolute atomic E-state index is 0.00917. The summed E-state index contributed by atoms with van der Waals surface area (Å²) in [6.07, 6.45) is 1.82. The molecule has 0 saturated carbocycles. The van der Waals surface area contributed by atoms with Gasteiger partial charge in [0.2, 0.25) is 0 Å². The molecule has 1 atom stereocenters. The summed E-state index contributed by atoms with van der Waals surface area (Å²) in [6.45, 7) is 2.14. The Bertz CT molecular complexity index is 812. The van der Waals surface area contributed by atoms with Crippen LogP contribution in [0.15, 0.2) is 60.8 Å². The Hall–Kier alpha value is -2.79. The van der Waals surface area contributed by atoms with Crippen molar-refractivity contribution in [3.05, 3.63) is 77.6 Å². The summed E-state index contributed by atoms with van der Waals surface area (Å²) >= 11 is 0. The molecule has 1 unspecified atom stereocenters. The van der Waals surface area contributed by atoms with Crippen LogP contribution in [-0.2, 0) is 7.05 Å². The Labute approximate surface area is 154 Å². The van der Waals surface area contributed by atoms with Crippen LogP contribution in [0.5, 0.6) is 11.5 Å². The van der Waals surface area contributed by atoms with Gasteiger partial charge in [0.1, 0.15) is 11.5 Å². The fourth-order valence-corrected chi connectivity index (χ4v) is 3.17. The summed E-state index contributed by atoms with van der Waals surface area (Å²) in [4.78, 5) is 0. The lowest BCUT2D eigenvalue weighted by Gasteiger charge is -2.25. The highest BCUT2D eigenvalue weighted by molar-refractivity contribution is 5.39. The van der Waals surface area contributed by atoms with Gasteiger partial charge in [0, 0.05) is 19.3 Å². The van der Waals surface area contributed by atoms with E-state index in [1.54, 1.807) is 14.2 Å². The average Bonchev–Trinajstić information content (AvgIpc) is 3.12. The second-order valence-electron chi connectivity index (χ2n) is 6.25. The first-order valence-corrected chi connectivity index (χ1v) is 8.64. The second-order valence-corrected chi connectivity index (χ2v) is 6.25. The molecule has 3 rings (SSSR count). The smallest absolute Gasteiger partial charge is 0.119 e. The van der Waals surface area contributed by atoms with Crippen molar-refractivity contribution in [2.45, 2.75) is 19.0 Å². The Morgan fingerprint density at radius 1 is 0.923 bits per heavy atom. The van der Waals surface area contributed by atoms with Crippen LogP contribution in [0.4, 0.5) is 0 Å². The fourth-order valence-electron chi connectivity index (χ4n) is 3.17. The number of rotatable bonds is 7. The van der Waals surface area contributed by atoms with Gasteiger partial charge in [-0.3, -0.25) is 10.00 Å². The maximum atomic E-state index is 5.42. The molecule has 136 valence electrons. The molecule has 1 aromatic heterocycles. The number of hydrogen-bond acceptors (Lipinski definition) is 4. The van der Waals surface area contributed by atoms with Gasteiger partial charge in [-0.15, -0.1) is 0 Å². The Morgan fingerprint density at radius 3 is 1.96 bits per heavy atom. The number of aryl methyl sites for hydroxylation is 1. The summed E-state index contributed by atoms with van der Waals surface area (Å²) < 4.78 is 12.7. The van der Waals surface area contributed by atoms with Crippen molar-refractivity contribution >= 4 is 0 Å². The molecule has 1 heterocycles. The largest absolute Gasteiger partial charge is 0.497 e. The molecule has 0 aliphatic rings. The summed E-state index contributed by atoms with van der Waals surface area (Å²) in [7, 11) is 5.33. The standard InChI is InChI=1S/C21H25N3O2/c1-15(20-11-12-22-24(20)2)23-21(16-7-5-9-18(13-16)25-3)17-8-6-10-19(14-17)26-4/h5-15,21,23H,1-4H3. The lowest BCUT2D eigenvalue weighted by Crippen LogP contribution is -2.27. The third-order valence-electron chi connectivity index (χ3n) is 4.57. The van der Waals surface area contributed by atoms with E-state index >= 15 is 0 Å². The summed E-state index contributed by atoms with van der Waals surface area (Å²) in [5.74, 6) is 1.68. The van der Waals surface area contributed by atoms with Crippen LogP contribution in [0, 0.1) is 0 Å². The molecule has 5 heteroatoms. The Balaban J connectivity index is 1.99. The minimum Gasteiger partial charge on any atom is -0.497 e. The molecule has 0 bridgehead atoms. The topological polar surface area (TPSA) is 48.3 Å². The van der Waals surface area contributed by atoms with Gasteiger partial charge in [0.15, 0.2) is 0 Å². The van der Waals surface area contributed by atoms with Gasteiger partial charge < -0.3 is 9.47 Å². The second kappa shape index (κ2) is 8.06. The SMILES string of the molecule is COc1cccc(C(NC(C)c2ccnn2C)c2cccc(OC)c2)c1. The first kappa shape index (κ1) is 18.0. The van der Waals surface area contributed by atoms with Crippen molar-refractivity contribution in [3.8, 4) is 11.5 Å². The van der Waals surface area contributed by atoms with Crippen LogP contribution in [0.2, 0.25) is 0 Å². The van der Waals surface area contributed by atoms with Crippen molar-refractivity contribution in [2.75, 3.05) is 14.2 Å². The first-order chi connectivity index (χ1) is 12.6. The number of methoxy groups -OCH3 is 2. The highest BCUT2D eigenvalue weighted by atomic mass is 16.5.